The molecule has 0 saturated heterocycles. The molecular weight excluding hydrogens is 376 g/mol. The zero-order valence-electron chi connectivity index (χ0n) is 18.6. The average molecular weight is 409 g/mol. The summed E-state index contributed by atoms with van der Waals surface area (Å²) in [5, 5.41) is 0. The van der Waals surface area contributed by atoms with Gasteiger partial charge in [0.25, 0.3) is 0 Å². The first-order valence-electron chi connectivity index (χ1n) is 10.2. The number of rotatable bonds is 10. The molecule has 2 atom stereocenters. The lowest BCUT2D eigenvalue weighted by Gasteiger charge is -2.49. The summed E-state index contributed by atoms with van der Waals surface area (Å²) in [4.78, 5) is 23.5. The Morgan fingerprint density at radius 1 is 0.900 bits per heavy atom. The van der Waals surface area contributed by atoms with Crippen molar-refractivity contribution in [1.82, 2.24) is 0 Å². The third-order valence-corrected chi connectivity index (χ3v) is 6.58. The molecule has 0 aromatic heterocycles. The molecule has 2 aromatic rings. The van der Waals surface area contributed by atoms with Crippen LogP contribution in [0.4, 0.5) is 0 Å². The Morgan fingerprint density at radius 2 is 1.40 bits per heavy atom. The molecule has 0 bridgehead atoms. The molecule has 0 aliphatic carbocycles. The highest BCUT2D eigenvalue weighted by Crippen LogP contribution is 2.50. The molecule has 0 N–H and O–H groups in total. The van der Waals surface area contributed by atoms with Crippen LogP contribution in [0.25, 0.3) is 0 Å². The van der Waals surface area contributed by atoms with Gasteiger partial charge in [-0.15, -0.1) is 0 Å². The van der Waals surface area contributed by atoms with E-state index in [4.69, 9.17) is 20.9 Å². The van der Waals surface area contributed by atoms with Gasteiger partial charge in [-0.05, 0) is 23.0 Å². The Hall–Kier alpha value is -2.77. The molecule has 0 heterocycles. The van der Waals surface area contributed by atoms with Crippen molar-refractivity contribution >= 4 is 5.97 Å². The highest BCUT2D eigenvalue weighted by atomic mass is 17.2. The van der Waals surface area contributed by atoms with Crippen molar-refractivity contribution in [2.75, 3.05) is 7.11 Å². The van der Waals surface area contributed by atoms with Gasteiger partial charge < -0.3 is 4.74 Å². The van der Waals surface area contributed by atoms with E-state index in [0.29, 0.717) is 12.8 Å². The van der Waals surface area contributed by atoms with Crippen molar-refractivity contribution in [3.8, 4) is 12.5 Å². The topological polar surface area (TPSA) is 44.8 Å². The second-order valence-corrected chi connectivity index (χ2v) is 8.68. The van der Waals surface area contributed by atoms with Gasteiger partial charge >= 0.3 is 5.97 Å². The molecule has 0 aliphatic rings. The van der Waals surface area contributed by atoms with Gasteiger partial charge in [-0.3, -0.25) is 9.68 Å². The lowest BCUT2D eigenvalue weighted by Crippen LogP contribution is -2.51. The Kier molecular flexibility index (Phi) is 8.08. The number of benzene rings is 2. The maximum atomic E-state index is 12.9. The first-order valence-corrected chi connectivity index (χ1v) is 10.2. The highest BCUT2D eigenvalue weighted by molar-refractivity contribution is 5.73. The van der Waals surface area contributed by atoms with Crippen LogP contribution in [0.1, 0.15) is 38.8 Å². The van der Waals surface area contributed by atoms with Gasteiger partial charge in [0.05, 0.1) is 13.0 Å². The van der Waals surface area contributed by atoms with Gasteiger partial charge in [-0.2, -0.15) is 4.89 Å². The van der Waals surface area contributed by atoms with Crippen molar-refractivity contribution in [1.29, 1.82) is 0 Å². The van der Waals surface area contributed by atoms with Crippen LogP contribution in [0.5, 0.6) is 0 Å². The molecule has 4 heteroatoms. The van der Waals surface area contributed by atoms with Crippen molar-refractivity contribution in [3.05, 3.63) is 71.8 Å². The molecule has 30 heavy (non-hydrogen) atoms. The van der Waals surface area contributed by atoms with Gasteiger partial charge in [-0.25, -0.2) is 0 Å². The Morgan fingerprint density at radius 3 is 1.87 bits per heavy atom. The van der Waals surface area contributed by atoms with Crippen LogP contribution >= 0.6 is 0 Å². The molecule has 4 nitrogen and oxygen atoms in total. The first kappa shape index (κ1) is 23.5. The third-order valence-electron chi connectivity index (χ3n) is 6.58. The van der Waals surface area contributed by atoms with Crippen LogP contribution in [0.3, 0.4) is 0 Å². The Labute approximate surface area is 180 Å². The molecule has 2 rings (SSSR count). The van der Waals surface area contributed by atoms with Crippen LogP contribution in [0.2, 0.25) is 0 Å². The molecule has 0 radical (unpaired) electrons. The number of methoxy groups -OCH3 is 1. The van der Waals surface area contributed by atoms with E-state index in [9.17, 15) is 4.79 Å². The molecule has 0 aliphatic heterocycles. The van der Waals surface area contributed by atoms with Gasteiger partial charge in [0, 0.05) is 11.8 Å². The zero-order valence-corrected chi connectivity index (χ0v) is 18.6. The normalized spacial score (nSPS) is 13.7. The van der Waals surface area contributed by atoms with Crippen LogP contribution in [0.15, 0.2) is 60.7 Å². The van der Waals surface area contributed by atoms with Gasteiger partial charge in [-0.1, -0.05) is 94.8 Å². The Balaban J connectivity index is 2.39. The summed E-state index contributed by atoms with van der Waals surface area (Å²) >= 11 is 0. The Bertz CT molecular complexity index is 834. The fourth-order valence-corrected chi connectivity index (χ4v) is 3.81. The maximum Gasteiger partial charge on any atom is 0.309 e. The van der Waals surface area contributed by atoms with E-state index in [0.717, 1.165) is 11.1 Å². The summed E-state index contributed by atoms with van der Waals surface area (Å²) in [6, 6.07) is 20.0. The quantitative estimate of drug-likeness (QED) is 0.234. The minimum absolute atomic E-state index is 0.242. The summed E-state index contributed by atoms with van der Waals surface area (Å²) in [6.07, 6.45) is 8.16. The van der Waals surface area contributed by atoms with E-state index < -0.39 is 10.8 Å². The summed E-state index contributed by atoms with van der Waals surface area (Å²) < 4.78 is 5.20. The molecule has 0 fully saturated rings. The summed E-state index contributed by atoms with van der Waals surface area (Å²) in [6.45, 7) is 8.33. The number of hydrogen-bond donors (Lipinski definition) is 0. The summed E-state index contributed by atoms with van der Waals surface area (Å²) in [7, 11) is 1.43. The molecule has 160 valence electrons. The lowest BCUT2D eigenvalue weighted by molar-refractivity contribution is -0.307. The van der Waals surface area contributed by atoms with Gasteiger partial charge in [0.15, 0.2) is 6.11 Å². The number of carbonyl (C=O) groups excluding carboxylic acids is 1. The number of terminal acetylenes is 1. The number of ether oxygens (including phenoxy) is 1. The van der Waals surface area contributed by atoms with Gasteiger partial charge in [0.1, 0.15) is 6.10 Å². The molecular formula is C26H32O4. The molecule has 0 saturated carbocycles. The van der Waals surface area contributed by atoms with Crippen LogP contribution in [-0.4, -0.2) is 19.2 Å². The summed E-state index contributed by atoms with van der Waals surface area (Å²) in [5.41, 5.74) is 1.18. The third kappa shape index (κ3) is 5.43. The monoisotopic (exact) mass is 408 g/mol. The van der Waals surface area contributed by atoms with E-state index >= 15 is 0 Å². The van der Waals surface area contributed by atoms with Crippen LogP contribution in [0, 0.1) is 29.3 Å². The van der Waals surface area contributed by atoms with Crippen molar-refractivity contribution < 1.29 is 19.3 Å². The second-order valence-electron chi connectivity index (χ2n) is 8.68. The zero-order chi connectivity index (χ0) is 22.2. The fourth-order valence-electron chi connectivity index (χ4n) is 3.81. The van der Waals surface area contributed by atoms with E-state index in [1.807, 2.05) is 60.7 Å². The standard InChI is InChI=1S/C26H32O4/c1-7-29-30-23(19-21-16-12-9-13-17-21)26(4,5)25(2,3)22(24(27)28-6)18-20-14-10-8-11-15-20/h1,8-17,22-23H,18-19H2,2-6H3. The number of hydrogen-bond acceptors (Lipinski definition) is 4. The smallest absolute Gasteiger partial charge is 0.309 e. The van der Waals surface area contributed by atoms with Gasteiger partial charge in [0.2, 0.25) is 0 Å². The predicted octanol–water partition coefficient (Wildman–Crippen LogP) is 5.22. The first-order chi connectivity index (χ1) is 14.2. The van der Waals surface area contributed by atoms with E-state index in [2.05, 4.69) is 33.8 Å². The van der Waals surface area contributed by atoms with Crippen LogP contribution < -0.4 is 0 Å². The van der Waals surface area contributed by atoms with E-state index in [1.165, 1.54) is 7.11 Å². The predicted molar refractivity (Wildman–Crippen MR) is 118 cm³/mol. The largest absolute Gasteiger partial charge is 0.469 e. The molecule has 0 spiro atoms. The molecule has 2 aromatic carbocycles. The van der Waals surface area contributed by atoms with Crippen molar-refractivity contribution in [2.24, 2.45) is 16.7 Å². The fraction of sp³-hybridized carbons (Fsp3) is 0.423. The number of esters is 1. The van der Waals surface area contributed by atoms with Crippen molar-refractivity contribution in [2.45, 2.75) is 46.6 Å². The second kappa shape index (κ2) is 10.3. The van der Waals surface area contributed by atoms with Crippen molar-refractivity contribution in [3.63, 3.8) is 0 Å². The SMILES string of the molecule is C#COOC(Cc1ccccc1)C(C)(C)C(C)(C)C(Cc1ccccc1)C(=O)OC. The average Bonchev–Trinajstić information content (AvgIpc) is 2.75. The van der Waals surface area contributed by atoms with Crippen LogP contribution in [-0.2, 0) is 32.1 Å². The van der Waals surface area contributed by atoms with E-state index in [1.54, 1.807) is 0 Å². The summed E-state index contributed by atoms with van der Waals surface area (Å²) in [5.74, 6) is -0.624. The van der Waals surface area contributed by atoms with E-state index in [-0.39, 0.29) is 18.0 Å². The lowest BCUT2D eigenvalue weighted by atomic mass is 9.57. The molecule has 0 amide bonds. The number of carbonyl (C=O) groups is 1. The minimum Gasteiger partial charge on any atom is -0.469 e. The minimum atomic E-state index is -0.507. The molecule has 2 unspecified atom stereocenters. The maximum absolute atomic E-state index is 12.9. The highest BCUT2D eigenvalue weighted by Gasteiger charge is 2.51.